The van der Waals surface area contributed by atoms with Crippen LogP contribution >= 0.6 is 0 Å². The highest BCUT2D eigenvalue weighted by atomic mass is 14.3. The van der Waals surface area contributed by atoms with Crippen LogP contribution in [0.1, 0.15) is 30.4 Å². The zero-order chi connectivity index (χ0) is 12.5. The van der Waals surface area contributed by atoms with Crippen LogP contribution in [0.5, 0.6) is 0 Å². The number of benzene rings is 1. The van der Waals surface area contributed by atoms with E-state index >= 15 is 0 Å². The van der Waals surface area contributed by atoms with Crippen LogP contribution in [0, 0.1) is 6.92 Å². The van der Waals surface area contributed by atoms with Crippen LogP contribution in [0.2, 0.25) is 0 Å². The van der Waals surface area contributed by atoms with Crippen LogP contribution in [-0.4, -0.2) is 0 Å². The molecule has 0 aromatic heterocycles. The third kappa shape index (κ3) is 1.69. The summed E-state index contributed by atoms with van der Waals surface area (Å²) in [6, 6.07) is 8.65. The predicted octanol–water partition coefficient (Wildman–Crippen LogP) is 4.98. The molecule has 0 spiro atoms. The van der Waals surface area contributed by atoms with Crippen LogP contribution in [0.4, 0.5) is 0 Å². The molecule has 0 heteroatoms. The van der Waals surface area contributed by atoms with Gasteiger partial charge in [0, 0.05) is 0 Å². The van der Waals surface area contributed by atoms with E-state index in [4.69, 9.17) is 0 Å². The fourth-order valence-electron chi connectivity index (χ4n) is 2.97. The highest BCUT2D eigenvalue weighted by Gasteiger charge is 2.25. The Labute approximate surface area is 109 Å². The standard InChI is InChI=1S/C18H18/c1-3-14-12-15-9-5-7-11-17(15)18(14)16-10-6-4-8-13(16)2/h3-4,6,8-11H,1,5,7,12H2,2H3. The van der Waals surface area contributed by atoms with Gasteiger partial charge < -0.3 is 0 Å². The summed E-state index contributed by atoms with van der Waals surface area (Å²) in [7, 11) is 0. The lowest BCUT2D eigenvalue weighted by Crippen LogP contribution is -1.94. The molecule has 18 heavy (non-hydrogen) atoms. The summed E-state index contributed by atoms with van der Waals surface area (Å²) in [6.07, 6.45) is 10.2. The fraction of sp³-hybridized carbons (Fsp3) is 0.222. The molecule has 0 aliphatic heterocycles. The first-order valence-corrected chi connectivity index (χ1v) is 6.63. The van der Waals surface area contributed by atoms with Crippen molar-refractivity contribution in [3.8, 4) is 0 Å². The lowest BCUT2D eigenvalue weighted by atomic mass is 9.90. The molecule has 0 heterocycles. The maximum Gasteiger partial charge on any atom is -0.00167 e. The van der Waals surface area contributed by atoms with Crippen molar-refractivity contribution in [1.29, 1.82) is 0 Å². The zero-order valence-electron chi connectivity index (χ0n) is 10.9. The molecule has 1 aromatic rings. The largest absolute Gasteiger partial charge is 0.0988 e. The zero-order valence-corrected chi connectivity index (χ0v) is 10.9. The van der Waals surface area contributed by atoms with Crippen LogP contribution < -0.4 is 0 Å². The van der Waals surface area contributed by atoms with Crippen molar-refractivity contribution in [2.45, 2.75) is 26.2 Å². The van der Waals surface area contributed by atoms with Crippen LogP contribution in [0.15, 0.2) is 65.8 Å². The summed E-state index contributed by atoms with van der Waals surface area (Å²) < 4.78 is 0. The van der Waals surface area contributed by atoms with E-state index in [1.807, 2.05) is 6.08 Å². The molecule has 0 radical (unpaired) electrons. The monoisotopic (exact) mass is 234 g/mol. The molecule has 0 saturated heterocycles. The molecule has 1 aromatic carbocycles. The maximum atomic E-state index is 3.99. The van der Waals surface area contributed by atoms with Crippen LogP contribution in [0.3, 0.4) is 0 Å². The van der Waals surface area contributed by atoms with Gasteiger partial charge in [-0.2, -0.15) is 0 Å². The van der Waals surface area contributed by atoms with Gasteiger partial charge in [-0.3, -0.25) is 0 Å². The molecular formula is C18H18. The van der Waals surface area contributed by atoms with Gasteiger partial charge in [0.15, 0.2) is 0 Å². The van der Waals surface area contributed by atoms with E-state index in [0.717, 1.165) is 6.42 Å². The Kier molecular flexibility index (Phi) is 2.79. The van der Waals surface area contributed by atoms with E-state index in [1.54, 1.807) is 0 Å². The van der Waals surface area contributed by atoms with Crippen molar-refractivity contribution in [2.75, 3.05) is 0 Å². The maximum absolute atomic E-state index is 3.99. The van der Waals surface area contributed by atoms with Crippen molar-refractivity contribution in [3.05, 3.63) is 76.9 Å². The van der Waals surface area contributed by atoms with E-state index in [-0.39, 0.29) is 0 Å². The molecule has 2 aliphatic carbocycles. The Morgan fingerprint density at radius 1 is 1.11 bits per heavy atom. The number of aryl methyl sites for hydroxylation is 1. The minimum Gasteiger partial charge on any atom is -0.0988 e. The van der Waals surface area contributed by atoms with Gasteiger partial charge in [0.1, 0.15) is 0 Å². The first kappa shape index (κ1) is 11.3. The minimum absolute atomic E-state index is 1.05. The van der Waals surface area contributed by atoms with Gasteiger partial charge in [0.25, 0.3) is 0 Å². The van der Waals surface area contributed by atoms with Crippen molar-refractivity contribution >= 4 is 5.57 Å². The molecule has 0 nitrogen and oxygen atoms in total. The first-order valence-electron chi connectivity index (χ1n) is 6.63. The Morgan fingerprint density at radius 3 is 2.67 bits per heavy atom. The Morgan fingerprint density at radius 2 is 1.89 bits per heavy atom. The summed E-state index contributed by atoms with van der Waals surface area (Å²) in [5.74, 6) is 0. The van der Waals surface area contributed by atoms with Gasteiger partial charge in [-0.05, 0) is 59.6 Å². The molecule has 90 valence electrons. The molecule has 0 unspecified atom stereocenters. The quantitative estimate of drug-likeness (QED) is 0.676. The normalized spacial score (nSPS) is 18.3. The number of hydrogen-bond acceptors (Lipinski definition) is 0. The van der Waals surface area contributed by atoms with Crippen molar-refractivity contribution in [3.63, 3.8) is 0 Å². The highest BCUT2D eigenvalue weighted by Crippen LogP contribution is 2.45. The lowest BCUT2D eigenvalue weighted by molar-refractivity contribution is 0.995. The second kappa shape index (κ2) is 4.45. The summed E-state index contributed by atoms with van der Waals surface area (Å²) in [5.41, 5.74) is 8.45. The molecule has 2 aliphatic rings. The predicted molar refractivity (Wildman–Crippen MR) is 78.3 cm³/mol. The third-order valence-corrected chi connectivity index (χ3v) is 3.88. The Bertz CT molecular complexity index is 594. The molecule has 0 fully saturated rings. The van der Waals surface area contributed by atoms with E-state index in [1.165, 1.54) is 46.3 Å². The van der Waals surface area contributed by atoms with Gasteiger partial charge in [-0.1, -0.05) is 49.1 Å². The smallest absolute Gasteiger partial charge is 0.00167 e. The van der Waals surface area contributed by atoms with E-state index in [9.17, 15) is 0 Å². The van der Waals surface area contributed by atoms with Crippen LogP contribution in [-0.2, 0) is 0 Å². The third-order valence-electron chi connectivity index (χ3n) is 3.88. The van der Waals surface area contributed by atoms with E-state index < -0.39 is 0 Å². The Hall–Kier alpha value is -1.82. The second-order valence-electron chi connectivity index (χ2n) is 5.02. The number of hydrogen-bond donors (Lipinski definition) is 0. The summed E-state index contributed by atoms with van der Waals surface area (Å²) in [6.45, 7) is 6.18. The molecule has 0 amide bonds. The highest BCUT2D eigenvalue weighted by molar-refractivity contribution is 5.92. The van der Waals surface area contributed by atoms with Crippen molar-refractivity contribution < 1.29 is 0 Å². The first-order chi connectivity index (χ1) is 8.81. The molecule has 0 N–H and O–H groups in total. The summed E-state index contributed by atoms with van der Waals surface area (Å²) >= 11 is 0. The van der Waals surface area contributed by atoms with Gasteiger partial charge in [-0.25, -0.2) is 0 Å². The number of fused-ring (bicyclic) bond motifs is 1. The molecule has 0 saturated carbocycles. The van der Waals surface area contributed by atoms with Gasteiger partial charge in [0.05, 0.1) is 0 Å². The van der Waals surface area contributed by atoms with Gasteiger partial charge in [-0.15, -0.1) is 0 Å². The number of allylic oxidation sites excluding steroid dienone is 7. The molecule has 0 bridgehead atoms. The second-order valence-corrected chi connectivity index (χ2v) is 5.02. The summed E-state index contributed by atoms with van der Waals surface area (Å²) in [4.78, 5) is 0. The molecule has 0 atom stereocenters. The van der Waals surface area contributed by atoms with Gasteiger partial charge >= 0.3 is 0 Å². The van der Waals surface area contributed by atoms with Crippen molar-refractivity contribution in [1.82, 2.24) is 0 Å². The van der Waals surface area contributed by atoms with Crippen LogP contribution in [0.25, 0.3) is 5.57 Å². The average Bonchev–Trinajstić information content (AvgIpc) is 2.78. The molecule has 3 rings (SSSR count). The number of rotatable bonds is 2. The fourth-order valence-corrected chi connectivity index (χ4v) is 2.97. The topological polar surface area (TPSA) is 0 Å². The van der Waals surface area contributed by atoms with Gasteiger partial charge in [0.2, 0.25) is 0 Å². The van der Waals surface area contributed by atoms with Crippen molar-refractivity contribution in [2.24, 2.45) is 0 Å². The minimum atomic E-state index is 1.05. The Balaban J connectivity index is 2.19. The SMILES string of the molecule is C=CC1=C(c2ccccc2C)C2=CCCC=C2C1. The lowest BCUT2D eigenvalue weighted by Gasteiger charge is -2.14. The summed E-state index contributed by atoms with van der Waals surface area (Å²) in [5, 5.41) is 0. The van der Waals surface area contributed by atoms with E-state index in [0.29, 0.717) is 0 Å². The van der Waals surface area contributed by atoms with E-state index in [2.05, 4.69) is 49.9 Å². The molecular weight excluding hydrogens is 216 g/mol. The average molecular weight is 234 g/mol.